The van der Waals surface area contributed by atoms with Gasteiger partial charge in [-0.15, -0.1) is 0 Å². The monoisotopic (exact) mass is 468 g/mol. The van der Waals surface area contributed by atoms with E-state index in [9.17, 15) is 14.4 Å². The lowest BCUT2D eigenvalue weighted by atomic mass is 10.1. The van der Waals surface area contributed by atoms with Gasteiger partial charge in [-0.3, -0.25) is 4.79 Å². The summed E-state index contributed by atoms with van der Waals surface area (Å²) in [6, 6.07) is 16.6. The molecule has 0 radical (unpaired) electrons. The van der Waals surface area contributed by atoms with Crippen molar-refractivity contribution in [3.63, 3.8) is 0 Å². The zero-order chi connectivity index (χ0) is 23.3. The zero-order valence-electron chi connectivity index (χ0n) is 17.4. The van der Waals surface area contributed by atoms with Crippen LogP contribution in [0.2, 0.25) is 10.0 Å². The van der Waals surface area contributed by atoms with E-state index in [0.717, 1.165) is 11.1 Å². The first kappa shape index (κ1) is 23.3. The number of aryl methyl sites for hydroxylation is 2. The number of carbonyl (C=O) groups is 1. The Morgan fingerprint density at radius 2 is 1.91 bits per heavy atom. The predicted octanol–water partition coefficient (Wildman–Crippen LogP) is 6.87. The number of anilines is 1. The first-order chi connectivity index (χ1) is 15.3. The minimum Gasteiger partial charge on any atom is -0.487 e. The Labute approximate surface area is 195 Å². The lowest BCUT2D eigenvalue weighted by molar-refractivity contribution is -0.112. The Balaban J connectivity index is 1.91. The van der Waals surface area contributed by atoms with Crippen LogP contribution in [0.25, 0.3) is 6.08 Å². The van der Waals surface area contributed by atoms with Crippen molar-refractivity contribution in [2.45, 2.75) is 20.5 Å². The van der Waals surface area contributed by atoms with Gasteiger partial charge in [0.2, 0.25) is 0 Å². The number of carbonyl (C=O) groups excluding carboxylic acids is 1. The molecule has 0 saturated carbocycles. The molecule has 3 rings (SSSR count). The van der Waals surface area contributed by atoms with Crippen LogP contribution < -0.4 is 10.1 Å². The van der Waals surface area contributed by atoms with Crippen LogP contribution in [-0.4, -0.2) is 5.91 Å². The van der Waals surface area contributed by atoms with Crippen LogP contribution in [0.1, 0.15) is 22.3 Å². The van der Waals surface area contributed by atoms with Crippen LogP contribution in [0.4, 0.5) is 10.1 Å². The van der Waals surface area contributed by atoms with Gasteiger partial charge in [0.05, 0.1) is 5.02 Å². The largest absolute Gasteiger partial charge is 0.487 e. The Kier molecular flexibility index (Phi) is 7.53. The third-order valence-corrected chi connectivity index (χ3v) is 5.16. The van der Waals surface area contributed by atoms with Crippen molar-refractivity contribution in [2.24, 2.45) is 0 Å². The number of hydrogen-bond donors (Lipinski definition) is 1. The van der Waals surface area contributed by atoms with Crippen LogP contribution >= 0.6 is 23.2 Å². The molecule has 0 unspecified atom stereocenters. The van der Waals surface area contributed by atoms with Crippen molar-refractivity contribution >= 4 is 40.9 Å². The molecular weight excluding hydrogens is 450 g/mol. The summed E-state index contributed by atoms with van der Waals surface area (Å²) < 4.78 is 19.7. The van der Waals surface area contributed by atoms with E-state index in [2.05, 4.69) is 5.32 Å². The number of rotatable bonds is 6. The van der Waals surface area contributed by atoms with Crippen molar-refractivity contribution in [1.82, 2.24) is 0 Å². The van der Waals surface area contributed by atoms with Gasteiger partial charge in [0, 0.05) is 21.8 Å². The third-order valence-electron chi connectivity index (χ3n) is 4.66. The van der Waals surface area contributed by atoms with E-state index in [1.165, 1.54) is 24.3 Å². The van der Waals surface area contributed by atoms with Crippen LogP contribution in [0.15, 0.2) is 60.2 Å². The van der Waals surface area contributed by atoms with E-state index in [1.807, 2.05) is 32.0 Å². The highest BCUT2D eigenvalue weighted by Crippen LogP contribution is 2.35. The summed E-state index contributed by atoms with van der Waals surface area (Å²) in [4.78, 5) is 12.7. The second kappa shape index (κ2) is 10.3. The molecule has 1 amide bonds. The minimum absolute atomic E-state index is 0.0918. The molecule has 0 atom stereocenters. The van der Waals surface area contributed by atoms with E-state index in [4.69, 9.17) is 27.9 Å². The molecule has 32 heavy (non-hydrogen) atoms. The molecule has 0 aliphatic heterocycles. The van der Waals surface area contributed by atoms with Gasteiger partial charge in [0.25, 0.3) is 5.91 Å². The summed E-state index contributed by atoms with van der Waals surface area (Å²) in [5, 5.41) is 12.8. The van der Waals surface area contributed by atoms with Crippen LogP contribution in [-0.2, 0) is 11.4 Å². The van der Waals surface area contributed by atoms with Gasteiger partial charge in [0.15, 0.2) is 0 Å². The normalized spacial score (nSPS) is 11.1. The quantitative estimate of drug-likeness (QED) is 0.316. The maximum absolute atomic E-state index is 14.0. The molecule has 4 nitrogen and oxygen atoms in total. The average Bonchev–Trinajstić information content (AvgIpc) is 2.74. The maximum atomic E-state index is 14.0. The molecule has 0 aliphatic carbocycles. The van der Waals surface area contributed by atoms with Crippen LogP contribution in [0, 0.1) is 31.0 Å². The Bertz CT molecular complexity index is 1250. The molecule has 0 saturated heterocycles. The SMILES string of the molecule is Cc1ccc(NC(=O)/C(C#N)=C/c2cc(Cl)cc(Cl)c2OCc2ccccc2F)c(C)c1. The first-order valence-corrected chi connectivity index (χ1v) is 10.4. The summed E-state index contributed by atoms with van der Waals surface area (Å²) in [6.07, 6.45) is 1.34. The van der Waals surface area contributed by atoms with Gasteiger partial charge in [-0.2, -0.15) is 5.26 Å². The lowest BCUT2D eigenvalue weighted by Crippen LogP contribution is -2.14. The van der Waals surface area contributed by atoms with Gasteiger partial charge in [-0.25, -0.2) is 4.39 Å². The van der Waals surface area contributed by atoms with Crippen molar-refractivity contribution in [2.75, 3.05) is 5.32 Å². The molecule has 0 spiro atoms. The van der Waals surface area contributed by atoms with Gasteiger partial charge in [-0.1, -0.05) is 59.1 Å². The van der Waals surface area contributed by atoms with Crippen molar-refractivity contribution in [3.8, 4) is 11.8 Å². The highest BCUT2D eigenvalue weighted by molar-refractivity contribution is 6.36. The molecule has 0 fully saturated rings. The number of hydrogen-bond acceptors (Lipinski definition) is 3. The number of nitriles is 1. The molecule has 0 aliphatic rings. The van der Waals surface area contributed by atoms with Crippen molar-refractivity contribution < 1.29 is 13.9 Å². The molecule has 1 N–H and O–H groups in total. The maximum Gasteiger partial charge on any atom is 0.266 e. The Hall–Kier alpha value is -3.33. The van der Waals surface area contributed by atoms with Crippen molar-refractivity contribution in [3.05, 3.63) is 98.3 Å². The molecule has 0 bridgehead atoms. The summed E-state index contributed by atoms with van der Waals surface area (Å²) in [5.41, 5.74) is 3.02. The van der Waals surface area contributed by atoms with Crippen LogP contribution in [0.3, 0.4) is 0 Å². The Morgan fingerprint density at radius 3 is 2.59 bits per heavy atom. The molecule has 0 heterocycles. The molecule has 7 heteroatoms. The van der Waals surface area contributed by atoms with Crippen molar-refractivity contribution in [1.29, 1.82) is 5.26 Å². The summed E-state index contributed by atoms with van der Waals surface area (Å²) in [6.45, 7) is 3.72. The van der Waals surface area contributed by atoms with Gasteiger partial charge in [0.1, 0.15) is 29.8 Å². The zero-order valence-corrected chi connectivity index (χ0v) is 18.9. The fourth-order valence-electron chi connectivity index (χ4n) is 3.05. The average molecular weight is 469 g/mol. The number of nitrogens with one attached hydrogen (secondary N) is 1. The van der Waals surface area contributed by atoms with Gasteiger partial charge in [-0.05, 0) is 49.8 Å². The fraction of sp³-hybridized carbons (Fsp3) is 0.120. The van der Waals surface area contributed by atoms with E-state index < -0.39 is 11.7 Å². The second-order valence-electron chi connectivity index (χ2n) is 7.13. The molecule has 162 valence electrons. The number of nitrogens with zero attached hydrogens (tertiary/aromatic N) is 1. The highest BCUT2D eigenvalue weighted by Gasteiger charge is 2.16. The van der Waals surface area contributed by atoms with E-state index in [1.54, 1.807) is 24.3 Å². The molecular formula is C25H19Cl2FN2O2. The smallest absolute Gasteiger partial charge is 0.266 e. The number of amides is 1. The van der Waals surface area contributed by atoms with E-state index >= 15 is 0 Å². The number of benzene rings is 3. The third kappa shape index (κ3) is 5.67. The summed E-state index contributed by atoms with van der Waals surface area (Å²) in [7, 11) is 0. The highest BCUT2D eigenvalue weighted by atomic mass is 35.5. The van der Waals surface area contributed by atoms with Gasteiger partial charge >= 0.3 is 0 Å². The minimum atomic E-state index is -0.587. The van der Waals surface area contributed by atoms with Crippen LogP contribution in [0.5, 0.6) is 5.75 Å². The predicted molar refractivity (Wildman–Crippen MR) is 125 cm³/mol. The lowest BCUT2D eigenvalue weighted by Gasteiger charge is -2.13. The van der Waals surface area contributed by atoms with E-state index in [-0.39, 0.29) is 23.0 Å². The molecule has 3 aromatic carbocycles. The second-order valence-corrected chi connectivity index (χ2v) is 7.97. The standard InChI is InChI=1S/C25H19Cl2FN2O2/c1-15-7-8-23(16(2)9-15)30-25(31)19(13-29)10-18-11-20(26)12-21(27)24(18)32-14-17-5-3-4-6-22(17)28/h3-12H,14H2,1-2H3,(H,30,31)/b19-10+. The molecule has 0 aromatic heterocycles. The van der Waals surface area contributed by atoms with Gasteiger partial charge < -0.3 is 10.1 Å². The summed E-state index contributed by atoms with van der Waals surface area (Å²) in [5.74, 6) is -0.817. The fourth-order valence-corrected chi connectivity index (χ4v) is 3.62. The summed E-state index contributed by atoms with van der Waals surface area (Å²) >= 11 is 12.4. The topological polar surface area (TPSA) is 62.1 Å². The van der Waals surface area contributed by atoms with E-state index in [0.29, 0.717) is 21.8 Å². The Morgan fingerprint density at radius 1 is 1.16 bits per heavy atom. The first-order valence-electron chi connectivity index (χ1n) is 9.64. The number of ether oxygens (including phenoxy) is 1. The number of halogens is 3. The molecule has 3 aromatic rings.